The molecule has 0 saturated heterocycles. The van der Waals surface area contributed by atoms with Gasteiger partial charge in [-0.05, 0) is 42.2 Å². The zero-order valence-electron chi connectivity index (χ0n) is 16.2. The smallest absolute Gasteiger partial charge is 0.219 e. The summed E-state index contributed by atoms with van der Waals surface area (Å²) >= 11 is 0. The second-order valence-electron chi connectivity index (χ2n) is 7.65. The van der Waals surface area contributed by atoms with Crippen LogP contribution >= 0.6 is 0 Å². The number of anilines is 1. The zero-order valence-corrected chi connectivity index (χ0v) is 16.2. The number of nitrogens with two attached hydrogens (primary N) is 1. The van der Waals surface area contributed by atoms with Crippen molar-refractivity contribution in [2.45, 2.75) is 26.2 Å². The number of benzene rings is 2. The van der Waals surface area contributed by atoms with Crippen molar-refractivity contribution in [2.24, 2.45) is 5.92 Å². The summed E-state index contributed by atoms with van der Waals surface area (Å²) in [6, 6.07) is 15.4. The largest absolute Gasteiger partial charge is 0.368 e. The van der Waals surface area contributed by atoms with E-state index in [2.05, 4.69) is 60.0 Å². The number of rotatable bonds is 4. The van der Waals surface area contributed by atoms with Gasteiger partial charge in [0.1, 0.15) is 5.82 Å². The first kappa shape index (κ1) is 18.2. The first-order chi connectivity index (χ1) is 13.4. The van der Waals surface area contributed by atoms with E-state index in [4.69, 9.17) is 5.73 Å². The molecule has 0 aliphatic carbocycles. The molecule has 0 bridgehead atoms. The predicted octanol–water partition coefficient (Wildman–Crippen LogP) is 5.31. The van der Waals surface area contributed by atoms with Crippen LogP contribution < -0.4 is 5.73 Å². The van der Waals surface area contributed by atoms with E-state index in [-0.39, 0.29) is 17.2 Å². The molecule has 28 heavy (non-hydrogen) atoms. The third-order valence-corrected chi connectivity index (χ3v) is 5.81. The summed E-state index contributed by atoms with van der Waals surface area (Å²) in [5.41, 5.74) is 10.2. The maximum Gasteiger partial charge on any atom is 0.219 e. The van der Waals surface area contributed by atoms with Crippen molar-refractivity contribution >= 4 is 16.9 Å². The van der Waals surface area contributed by atoms with Crippen LogP contribution in [0.5, 0.6) is 0 Å². The first-order valence-electron chi connectivity index (χ1n) is 9.35. The van der Waals surface area contributed by atoms with E-state index in [0.29, 0.717) is 11.3 Å². The number of hydrogen-bond acceptors (Lipinski definition) is 3. The van der Waals surface area contributed by atoms with Gasteiger partial charge in [0.2, 0.25) is 5.95 Å². The molecule has 2 aromatic carbocycles. The number of fused-ring (bicyclic) bond motifs is 1. The standard InChI is InChI=1S/C23H23FN4/c1-14(2)23(3,21-11-18-19(24)5-4-6-20(18)28-21)17-9-7-15(8-10-17)16-12-26-22(25)27-13-16/h4-14,28H,1-3H3,(H2,25,26,27). The fourth-order valence-corrected chi connectivity index (χ4v) is 3.69. The molecule has 2 aromatic heterocycles. The van der Waals surface area contributed by atoms with Crippen molar-refractivity contribution in [3.8, 4) is 11.1 Å². The monoisotopic (exact) mass is 374 g/mol. The van der Waals surface area contributed by atoms with Crippen molar-refractivity contribution in [1.82, 2.24) is 15.0 Å². The van der Waals surface area contributed by atoms with E-state index in [1.165, 1.54) is 6.07 Å². The average molecular weight is 374 g/mol. The Morgan fingerprint density at radius 2 is 1.68 bits per heavy atom. The van der Waals surface area contributed by atoms with Crippen LogP contribution in [0.3, 0.4) is 0 Å². The summed E-state index contributed by atoms with van der Waals surface area (Å²) in [5.74, 6) is 0.359. The van der Waals surface area contributed by atoms with Crippen molar-refractivity contribution in [2.75, 3.05) is 5.73 Å². The molecule has 0 aliphatic heterocycles. The van der Waals surface area contributed by atoms with E-state index in [0.717, 1.165) is 27.9 Å². The minimum absolute atomic E-state index is 0.204. The number of hydrogen-bond donors (Lipinski definition) is 2. The third-order valence-electron chi connectivity index (χ3n) is 5.81. The predicted molar refractivity (Wildman–Crippen MR) is 111 cm³/mol. The summed E-state index contributed by atoms with van der Waals surface area (Å²) < 4.78 is 14.2. The lowest BCUT2D eigenvalue weighted by molar-refractivity contribution is 0.397. The van der Waals surface area contributed by atoms with Crippen molar-refractivity contribution < 1.29 is 4.39 Å². The van der Waals surface area contributed by atoms with Gasteiger partial charge in [0.05, 0.1) is 0 Å². The summed E-state index contributed by atoms with van der Waals surface area (Å²) in [5, 5.41) is 0.625. The molecule has 5 heteroatoms. The Hall–Kier alpha value is -3.21. The van der Waals surface area contributed by atoms with Crippen molar-refractivity contribution in [3.63, 3.8) is 0 Å². The highest BCUT2D eigenvalue weighted by atomic mass is 19.1. The van der Waals surface area contributed by atoms with Crippen LogP contribution in [-0.4, -0.2) is 15.0 Å². The molecule has 0 saturated carbocycles. The minimum atomic E-state index is -0.290. The molecular formula is C23H23FN4. The molecule has 1 unspecified atom stereocenters. The zero-order chi connectivity index (χ0) is 19.9. The van der Waals surface area contributed by atoms with Crippen LogP contribution in [0.15, 0.2) is 60.9 Å². The Morgan fingerprint density at radius 1 is 1.00 bits per heavy atom. The van der Waals surface area contributed by atoms with Gasteiger partial charge >= 0.3 is 0 Å². The van der Waals surface area contributed by atoms with Crippen LogP contribution in [0.25, 0.3) is 22.0 Å². The Bertz CT molecular complexity index is 1110. The fourth-order valence-electron chi connectivity index (χ4n) is 3.69. The normalized spacial score (nSPS) is 13.8. The summed E-state index contributed by atoms with van der Waals surface area (Å²) in [6.45, 7) is 6.56. The fraction of sp³-hybridized carbons (Fsp3) is 0.217. The Morgan fingerprint density at radius 3 is 2.29 bits per heavy atom. The second kappa shape index (κ2) is 6.75. The van der Waals surface area contributed by atoms with Gasteiger partial charge in [-0.1, -0.05) is 44.2 Å². The maximum absolute atomic E-state index is 14.2. The minimum Gasteiger partial charge on any atom is -0.368 e. The molecule has 2 heterocycles. The van der Waals surface area contributed by atoms with Crippen LogP contribution in [0, 0.1) is 11.7 Å². The van der Waals surface area contributed by atoms with Gasteiger partial charge in [0.15, 0.2) is 0 Å². The number of nitrogens with zero attached hydrogens (tertiary/aromatic N) is 2. The van der Waals surface area contributed by atoms with E-state index < -0.39 is 0 Å². The number of nitrogen functional groups attached to an aromatic ring is 1. The summed E-state index contributed by atoms with van der Waals surface area (Å²) in [7, 11) is 0. The topological polar surface area (TPSA) is 67.6 Å². The molecule has 142 valence electrons. The van der Waals surface area contributed by atoms with Crippen LogP contribution in [0.2, 0.25) is 0 Å². The number of H-pyrrole nitrogens is 1. The van der Waals surface area contributed by atoms with Gasteiger partial charge in [-0.2, -0.15) is 0 Å². The molecule has 0 spiro atoms. The highest BCUT2D eigenvalue weighted by Gasteiger charge is 2.34. The molecule has 0 amide bonds. The maximum atomic E-state index is 14.2. The van der Waals surface area contributed by atoms with Crippen molar-refractivity contribution in [1.29, 1.82) is 0 Å². The first-order valence-corrected chi connectivity index (χ1v) is 9.35. The van der Waals surface area contributed by atoms with Gasteiger partial charge < -0.3 is 10.7 Å². The molecule has 0 aliphatic rings. The second-order valence-corrected chi connectivity index (χ2v) is 7.65. The number of aromatic nitrogens is 3. The number of aromatic amines is 1. The van der Waals surface area contributed by atoms with Gasteiger partial charge in [-0.25, -0.2) is 14.4 Å². The van der Waals surface area contributed by atoms with E-state index in [9.17, 15) is 4.39 Å². The molecule has 3 N–H and O–H groups in total. The SMILES string of the molecule is CC(C)C(C)(c1ccc(-c2cnc(N)nc2)cc1)c1cc2c(F)cccc2[nH]1. The molecular weight excluding hydrogens is 351 g/mol. The summed E-state index contributed by atoms with van der Waals surface area (Å²) in [4.78, 5) is 11.6. The molecule has 4 rings (SSSR count). The molecule has 4 nitrogen and oxygen atoms in total. The van der Waals surface area contributed by atoms with Gasteiger partial charge in [0, 0.05) is 40.0 Å². The highest BCUT2D eigenvalue weighted by molar-refractivity contribution is 5.81. The van der Waals surface area contributed by atoms with Crippen LogP contribution in [0.4, 0.5) is 10.3 Å². The summed E-state index contributed by atoms with van der Waals surface area (Å²) in [6.07, 6.45) is 3.44. The lowest BCUT2D eigenvalue weighted by Gasteiger charge is -2.34. The molecule has 0 fully saturated rings. The Balaban J connectivity index is 1.78. The number of halogens is 1. The van der Waals surface area contributed by atoms with Gasteiger partial charge in [-0.15, -0.1) is 0 Å². The highest BCUT2D eigenvalue weighted by Crippen LogP contribution is 2.40. The molecule has 1 atom stereocenters. The van der Waals surface area contributed by atoms with Crippen LogP contribution in [0.1, 0.15) is 32.0 Å². The number of nitrogens with one attached hydrogen (secondary N) is 1. The quantitative estimate of drug-likeness (QED) is 0.509. The van der Waals surface area contributed by atoms with E-state index in [1.54, 1.807) is 18.5 Å². The average Bonchev–Trinajstić information content (AvgIpc) is 3.14. The third kappa shape index (κ3) is 2.93. The lowest BCUT2D eigenvalue weighted by Crippen LogP contribution is -2.30. The van der Waals surface area contributed by atoms with Gasteiger partial charge in [-0.3, -0.25) is 0 Å². The Kier molecular flexibility index (Phi) is 4.38. The molecule has 0 radical (unpaired) electrons. The van der Waals surface area contributed by atoms with E-state index in [1.807, 2.05) is 12.1 Å². The molecule has 4 aromatic rings. The van der Waals surface area contributed by atoms with Crippen molar-refractivity contribution in [3.05, 3.63) is 78.0 Å². The van der Waals surface area contributed by atoms with Gasteiger partial charge in [0.25, 0.3) is 0 Å². The Labute approximate surface area is 163 Å². The van der Waals surface area contributed by atoms with E-state index >= 15 is 0 Å². The van der Waals surface area contributed by atoms with Crippen LogP contribution in [-0.2, 0) is 5.41 Å². The lowest BCUT2D eigenvalue weighted by atomic mass is 9.71.